The molecule has 53 heavy (non-hydrogen) atoms. The molecular formula is C42H48BrN3O7. The molecule has 280 valence electrons. The van der Waals surface area contributed by atoms with Gasteiger partial charge in [-0.15, -0.1) is 13.2 Å². The van der Waals surface area contributed by atoms with Gasteiger partial charge in [-0.3, -0.25) is 19.2 Å². The van der Waals surface area contributed by atoms with Gasteiger partial charge in [0.05, 0.1) is 24.0 Å². The third-order valence-electron chi connectivity index (χ3n) is 11.1. The van der Waals surface area contributed by atoms with Gasteiger partial charge >= 0.3 is 5.97 Å². The molecule has 0 saturated carbocycles. The van der Waals surface area contributed by atoms with Crippen LogP contribution in [-0.4, -0.2) is 94.0 Å². The van der Waals surface area contributed by atoms with Crippen LogP contribution in [0.25, 0.3) is 10.8 Å². The number of alkyl halides is 1. The zero-order chi connectivity index (χ0) is 37.9. The molecule has 0 aliphatic carbocycles. The maximum absolute atomic E-state index is 15.0. The fourth-order valence-corrected chi connectivity index (χ4v) is 9.32. The first-order chi connectivity index (χ1) is 25.6. The fraction of sp³-hybridized carbons (Fsp3) is 0.429. The molecule has 3 amide bonds. The van der Waals surface area contributed by atoms with Crippen molar-refractivity contribution in [1.82, 2.24) is 9.80 Å². The number of likely N-dealkylation sites (N-methyl/N-ethyl adjacent to an activating group) is 1. The van der Waals surface area contributed by atoms with Gasteiger partial charge < -0.3 is 29.3 Å². The number of likely N-dealkylation sites (tertiary alicyclic amines) is 1. The smallest absolute Gasteiger partial charge is 0.313 e. The fourth-order valence-electron chi connectivity index (χ4n) is 8.38. The molecular weight excluding hydrogens is 738 g/mol. The zero-order valence-corrected chi connectivity index (χ0v) is 31.9. The van der Waals surface area contributed by atoms with Crippen molar-refractivity contribution in [2.24, 2.45) is 11.8 Å². The van der Waals surface area contributed by atoms with Gasteiger partial charge in [-0.25, -0.2) is 0 Å². The van der Waals surface area contributed by atoms with Crippen LogP contribution in [-0.2, 0) is 28.7 Å². The Morgan fingerprint density at radius 2 is 1.77 bits per heavy atom. The minimum absolute atomic E-state index is 0.0600. The monoisotopic (exact) mass is 785 g/mol. The number of carbonyl (C=O) groups excluding carboxylic acids is 4. The highest BCUT2D eigenvalue weighted by Gasteiger charge is 2.77. The Morgan fingerprint density at radius 1 is 1.06 bits per heavy atom. The number of aliphatic hydroxyl groups is 1. The van der Waals surface area contributed by atoms with E-state index < -0.39 is 47.7 Å². The second kappa shape index (κ2) is 16.4. The van der Waals surface area contributed by atoms with E-state index in [4.69, 9.17) is 9.47 Å². The van der Waals surface area contributed by atoms with Crippen molar-refractivity contribution in [3.8, 4) is 0 Å². The van der Waals surface area contributed by atoms with Crippen LogP contribution in [0.1, 0.15) is 50.7 Å². The Kier molecular flexibility index (Phi) is 11.9. The van der Waals surface area contributed by atoms with E-state index in [1.165, 1.54) is 0 Å². The van der Waals surface area contributed by atoms with Gasteiger partial charge in [-0.2, -0.15) is 0 Å². The minimum atomic E-state index is -1.31. The first-order valence-electron chi connectivity index (χ1n) is 18.3. The Labute approximate surface area is 319 Å². The molecule has 1 unspecified atom stereocenters. The first kappa shape index (κ1) is 38.4. The average Bonchev–Trinajstić information content (AvgIpc) is 3.77. The van der Waals surface area contributed by atoms with E-state index in [0.29, 0.717) is 36.9 Å². The first-order valence-corrected chi connectivity index (χ1v) is 19.3. The number of aliphatic hydroxyl groups excluding tert-OH is 1. The number of allylic oxidation sites excluding steroid dienone is 1. The lowest BCUT2D eigenvalue weighted by Crippen LogP contribution is -2.57. The summed E-state index contributed by atoms with van der Waals surface area (Å²) in [5.74, 6) is -3.38. The van der Waals surface area contributed by atoms with Gasteiger partial charge in [0.1, 0.15) is 17.7 Å². The summed E-state index contributed by atoms with van der Waals surface area (Å²) in [7, 11) is 1.69. The summed E-state index contributed by atoms with van der Waals surface area (Å²) in [6, 6.07) is 21.4. The second-order valence-corrected chi connectivity index (χ2v) is 15.4. The molecule has 3 aliphatic rings. The number of fused-ring (bicyclic) bond motifs is 2. The van der Waals surface area contributed by atoms with E-state index in [2.05, 4.69) is 29.1 Å². The van der Waals surface area contributed by atoms with Gasteiger partial charge in [-0.1, -0.05) is 88.7 Å². The van der Waals surface area contributed by atoms with Crippen LogP contribution in [0.5, 0.6) is 0 Å². The normalized spacial score (nSPS) is 25.5. The predicted molar refractivity (Wildman–Crippen MR) is 207 cm³/mol. The topological polar surface area (TPSA) is 117 Å². The number of carbonyl (C=O) groups is 4. The van der Waals surface area contributed by atoms with Crippen molar-refractivity contribution in [2.75, 3.05) is 31.6 Å². The molecule has 3 saturated heterocycles. The number of ether oxygens (including phenoxy) is 2. The molecule has 3 fully saturated rings. The van der Waals surface area contributed by atoms with E-state index in [1.54, 1.807) is 33.9 Å². The Morgan fingerprint density at radius 3 is 2.47 bits per heavy atom. The summed E-state index contributed by atoms with van der Waals surface area (Å²) >= 11 is 3.76. The maximum Gasteiger partial charge on any atom is 0.313 e. The van der Waals surface area contributed by atoms with Gasteiger partial charge in [0.25, 0.3) is 5.91 Å². The number of hydrogen-bond acceptors (Lipinski definition) is 7. The number of esters is 1. The van der Waals surface area contributed by atoms with Crippen molar-refractivity contribution in [3.63, 3.8) is 0 Å². The minimum Gasteiger partial charge on any atom is -0.455 e. The van der Waals surface area contributed by atoms with E-state index in [9.17, 15) is 19.5 Å². The molecule has 2 bridgehead atoms. The largest absolute Gasteiger partial charge is 0.455 e. The third-order valence-corrected chi connectivity index (χ3v) is 11.9. The van der Waals surface area contributed by atoms with Crippen LogP contribution >= 0.6 is 15.9 Å². The molecule has 11 heteroatoms. The van der Waals surface area contributed by atoms with E-state index in [1.807, 2.05) is 79.7 Å². The third kappa shape index (κ3) is 7.18. The Bertz CT molecular complexity index is 1850. The molecule has 1 spiro atoms. The summed E-state index contributed by atoms with van der Waals surface area (Å²) < 4.78 is 13.1. The molecule has 10 nitrogen and oxygen atoms in total. The number of halogens is 1. The Balaban J connectivity index is 1.36. The van der Waals surface area contributed by atoms with Crippen LogP contribution in [0.4, 0.5) is 5.69 Å². The number of rotatable bonds is 16. The lowest BCUT2D eigenvalue weighted by molar-refractivity contribution is -0.164. The highest BCUT2D eigenvalue weighted by Crippen LogP contribution is 2.60. The van der Waals surface area contributed by atoms with Crippen LogP contribution in [0, 0.1) is 11.8 Å². The highest BCUT2D eigenvalue weighted by molar-refractivity contribution is 9.09. The predicted octanol–water partition coefficient (Wildman–Crippen LogP) is 5.98. The number of nitrogens with zero attached hydrogens (tertiary/aromatic N) is 3. The summed E-state index contributed by atoms with van der Waals surface area (Å²) in [5, 5.41) is 11.6. The number of unbranched alkanes of at least 4 members (excludes halogenated alkanes) is 1. The quantitative estimate of drug-likeness (QED) is 0.0823. The van der Waals surface area contributed by atoms with Crippen LogP contribution in [0.3, 0.4) is 0 Å². The van der Waals surface area contributed by atoms with Crippen molar-refractivity contribution >= 4 is 56.1 Å². The van der Waals surface area contributed by atoms with Crippen molar-refractivity contribution in [3.05, 3.63) is 104 Å². The summed E-state index contributed by atoms with van der Waals surface area (Å²) in [6.07, 6.45) is 3.81. The summed E-state index contributed by atoms with van der Waals surface area (Å²) in [4.78, 5) is 61.8. The number of anilines is 1. The SMILES string of the molecule is C=CCCC(=O)N(C)[C@H](C)[C@H](OC(=O)[C@H]1[C@@H]2O[C@@]3(CC2Br)[C@@H]1C(=O)N(CCCCO)[C@@H]3C(=O)N(CC=C)c1ccc2ccccc2c1)c1ccccc1. The standard InChI is InChI=1S/C42H48BrN3O7/c1-5-7-19-33(48)44(4)27(3)36(29-16-9-8-10-17-29)52-41(51)34-35-39(49)46(23-13-14-24-47)38(42(35)26-32(43)37(34)53-42)40(50)45(22-6-2)31-21-20-28-15-11-12-18-30(28)25-31/h5-6,8-12,15-18,20-21,25,27,32,34-38,47H,1-2,7,13-14,19,22-24,26H2,3-4H3/t27-,32?,34-,35+,36+,37-,38-,42+/m1/s1. The van der Waals surface area contributed by atoms with Crippen molar-refractivity contribution in [2.45, 2.75) is 73.7 Å². The van der Waals surface area contributed by atoms with E-state index >= 15 is 4.79 Å². The van der Waals surface area contributed by atoms with E-state index in [0.717, 1.165) is 10.8 Å². The van der Waals surface area contributed by atoms with Crippen molar-refractivity contribution in [1.29, 1.82) is 0 Å². The van der Waals surface area contributed by atoms with Gasteiger partial charge in [0.2, 0.25) is 11.8 Å². The lowest BCUT2D eigenvalue weighted by Gasteiger charge is -2.37. The van der Waals surface area contributed by atoms with E-state index in [-0.39, 0.29) is 48.7 Å². The Hall–Kier alpha value is -4.32. The lowest BCUT2D eigenvalue weighted by atomic mass is 9.70. The number of benzene rings is 3. The molecule has 6 rings (SSSR count). The van der Waals surface area contributed by atoms with Gasteiger partial charge in [0.15, 0.2) is 0 Å². The molecule has 3 aromatic carbocycles. The molecule has 3 aromatic rings. The zero-order valence-electron chi connectivity index (χ0n) is 30.3. The second-order valence-electron chi connectivity index (χ2n) is 14.2. The number of hydrogen-bond donors (Lipinski definition) is 1. The molecule has 3 heterocycles. The van der Waals surface area contributed by atoms with Crippen LogP contribution in [0.2, 0.25) is 0 Å². The van der Waals surface area contributed by atoms with Crippen LogP contribution in [0.15, 0.2) is 98.1 Å². The molecule has 1 N–H and O–H groups in total. The van der Waals surface area contributed by atoms with Crippen molar-refractivity contribution < 1.29 is 33.8 Å². The highest BCUT2D eigenvalue weighted by atomic mass is 79.9. The van der Waals surface area contributed by atoms with Crippen LogP contribution < -0.4 is 4.90 Å². The molecule has 8 atom stereocenters. The van der Waals surface area contributed by atoms with Gasteiger partial charge in [0, 0.05) is 43.7 Å². The maximum atomic E-state index is 15.0. The average molecular weight is 787 g/mol. The summed E-state index contributed by atoms with van der Waals surface area (Å²) in [6.45, 7) is 9.82. The van der Waals surface area contributed by atoms with Gasteiger partial charge in [-0.05, 0) is 61.1 Å². The summed E-state index contributed by atoms with van der Waals surface area (Å²) in [5.41, 5.74) is 0.0524. The molecule has 3 aliphatic heterocycles. The number of amides is 3. The molecule has 0 aromatic heterocycles. The molecule has 0 radical (unpaired) electrons.